The third kappa shape index (κ3) is 4.18. The van der Waals surface area contributed by atoms with Crippen molar-refractivity contribution in [1.82, 2.24) is 14.5 Å². The zero-order valence-corrected chi connectivity index (χ0v) is 16.9. The summed E-state index contributed by atoms with van der Waals surface area (Å²) in [5.41, 5.74) is 10.0. The van der Waals surface area contributed by atoms with Gasteiger partial charge in [-0.2, -0.15) is 0 Å². The first kappa shape index (κ1) is 18.7. The minimum absolute atomic E-state index is 0.349. The molecule has 0 atom stereocenters. The van der Waals surface area contributed by atoms with Crippen molar-refractivity contribution < 1.29 is 4.74 Å². The van der Waals surface area contributed by atoms with Crippen molar-refractivity contribution in [2.45, 2.75) is 45.6 Å². The molecular weight excluding hydrogens is 392 g/mol. The second-order valence-corrected chi connectivity index (χ2v) is 7.39. The van der Waals surface area contributed by atoms with Gasteiger partial charge < -0.3 is 15.0 Å². The number of unbranched alkanes of at least 4 members (excludes halogenated alkanes) is 3. The van der Waals surface area contributed by atoms with Crippen LogP contribution in [0.4, 0.5) is 5.95 Å². The minimum Gasteiger partial charge on any atom is -0.496 e. The number of nitrogen functional groups attached to an aromatic ring is 1. The molecule has 26 heavy (non-hydrogen) atoms. The second-order valence-electron chi connectivity index (χ2n) is 6.47. The molecule has 6 heteroatoms. The lowest BCUT2D eigenvalue weighted by atomic mass is 10.1. The number of nitrogens with zero attached hydrogens (tertiary/aromatic N) is 3. The van der Waals surface area contributed by atoms with E-state index in [2.05, 4.69) is 49.7 Å². The summed E-state index contributed by atoms with van der Waals surface area (Å²) in [4.78, 5) is 8.94. The molecule has 0 aliphatic heterocycles. The van der Waals surface area contributed by atoms with Crippen molar-refractivity contribution in [1.29, 1.82) is 0 Å². The van der Waals surface area contributed by atoms with Crippen molar-refractivity contribution >= 4 is 32.9 Å². The number of nitrogens with two attached hydrogens (primary N) is 1. The van der Waals surface area contributed by atoms with Gasteiger partial charge in [-0.1, -0.05) is 48.2 Å². The lowest BCUT2D eigenvalue weighted by molar-refractivity contribution is 0.408. The summed E-state index contributed by atoms with van der Waals surface area (Å²) in [6.45, 7) is 2.92. The first-order chi connectivity index (χ1) is 12.6. The lowest BCUT2D eigenvalue weighted by Crippen LogP contribution is -2.06. The van der Waals surface area contributed by atoms with E-state index < -0.39 is 0 Å². The molecule has 0 bridgehead atoms. The van der Waals surface area contributed by atoms with Crippen LogP contribution in [0.2, 0.25) is 0 Å². The van der Waals surface area contributed by atoms with Crippen LogP contribution in [0.3, 0.4) is 0 Å². The maximum atomic E-state index is 5.92. The van der Waals surface area contributed by atoms with Gasteiger partial charge in [-0.15, -0.1) is 0 Å². The molecule has 3 aromatic rings. The first-order valence-corrected chi connectivity index (χ1v) is 9.85. The van der Waals surface area contributed by atoms with Crippen LogP contribution in [0.25, 0.3) is 11.0 Å². The number of rotatable bonds is 8. The number of methoxy groups -OCH3 is 1. The van der Waals surface area contributed by atoms with Crippen LogP contribution in [0, 0.1) is 0 Å². The molecule has 0 spiro atoms. The summed E-state index contributed by atoms with van der Waals surface area (Å²) in [7, 11) is 1.70. The van der Waals surface area contributed by atoms with Crippen molar-refractivity contribution in [3.8, 4) is 5.75 Å². The molecule has 2 heterocycles. The Balaban J connectivity index is 1.94. The standard InChI is InChI=1S/C20H25BrN4O/c1-3-4-5-6-7-16-19-17(24-20(22)23-16)10-11-25(19)13-14-8-9-15(21)12-18(14)26-2/h8-12H,3-7,13H2,1-2H3,(H2,22,23,24). The van der Waals surface area contributed by atoms with Gasteiger partial charge in [0.05, 0.1) is 30.4 Å². The highest BCUT2D eigenvalue weighted by molar-refractivity contribution is 9.10. The van der Waals surface area contributed by atoms with Crippen LogP contribution in [-0.4, -0.2) is 21.6 Å². The Labute approximate surface area is 162 Å². The molecule has 0 saturated heterocycles. The fraction of sp³-hybridized carbons (Fsp3) is 0.400. The van der Waals surface area contributed by atoms with Crippen LogP contribution < -0.4 is 10.5 Å². The summed E-state index contributed by atoms with van der Waals surface area (Å²) in [6.07, 6.45) is 7.78. The third-order valence-electron chi connectivity index (χ3n) is 4.56. The van der Waals surface area contributed by atoms with Crippen LogP contribution >= 0.6 is 15.9 Å². The van der Waals surface area contributed by atoms with E-state index in [4.69, 9.17) is 10.5 Å². The maximum absolute atomic E-state index is 5.92. The molecule has 0 saturated carbocycles. The number of benzene rings is 1. The molecule has 5 nitrogen and oxygen atoms in total. The first-order valence-electron chi connectivity index (χ1n) is 9.06. The molecule has 2 N–H and O–H groups in total. The fourth-order valence-corrected chi connectivity index (χ4v) is 3.60. The van der Waals surface area contributed by atoms with E-state index in [1.807, 2.05) is 18.2 Å². The summed E-state index contributed by atoms with van der Waals surface area (Å²) in [5, 5.41) is 0. The van der Waals surface area contributed by atoms with Crippen molar-refractivity contribution in [2.75, 3.05) is 12.8 Å². The number of aryl methyl sites for hydroxylation is 1. The monoisotopic (exact) mass is 416 g/mol. The molecule has 0 radical (unpaired) electrons. The zero-order chi connectivity index (χ0) is 18.5. The number of anilines is 1. The Morgan fingerprint density at radius 2 is 2.00 bits per heavy atom. The van der Waals surface area contributed by atoms with E-state index in [1.165, 1.54) is 19.3 Å². The summed E-state index contributed by atoms with van der Waals surface area (Å²) in [6, 6.07) is 8.10. The normalized spacial score (nSPS) is 11.2. The quantitative estimate of drug-likeness (QED) is 0.527. The van der Waals surface area contributed by atoms with Gasteiger partial charge in [-0.05, 0) is 31.0 Å². The van der Waals surface area contributed by atoms with E-state index in [1.54, 1.807) is 7.11 Å². The van der Waals surface area contributed by atoms with E-state index in [0.29, 0.717) is 12.5 Å². The van der Waals surface area contributed by atoms with Crippen LogP contribution in [0.1, 0.15) is 43.9 Å². The van der Waals surface area contributed by atoms with Gasteiger partial charge in [0.15, 0.2) is 0 Å². The molecule has 0 aliphatic rings. The maximum Gasteiger partial charge on any atom is 0.220 e. The zero-order valence-electron chi connectivity index (χ0n) is 15.3. The number of fused-ring (bicyclic) bond motifs is 1. The van der Waals surface area contributed by atoms with Crippen LogP contribution in [0.15, 0.2) is 34.9 Å². The van der Waals surface area contributed by atoms with Gasteiger partial charge in [0.1, 0.15) is 5.75 Å². The third-order valence-corrected chi connectivity index (χ3v) is 5.05. The average Bonchev–Trinajstić information content (AvgIpc) is 3.02. The molecule has 2 aromatic heterocycles. The highest BCUT2D eigenvalue weighted by atomic mass is 79.9. The smallest absolute Gasteiger partial charge is 0.220 e. The SMILES string of the molecule is CCCCCCc1nc(N)nc2ccn(Cc3ccc(Br)cc3OC)c12. The predicted octanol–water partition coefficient (Wildman–Crippen LogP) is 4.96. The topological polar surface area (TPSA) is 66.0 Å². The van der Waals surface area contributed by atoms with Crippen molar-refractivity contribution in [3.63, 3.8) is 0 Å². The van der Waals surface area contributed by atoms with E-state index in [-0.39, 0.29) is 0 Å². The summed E-state index contributed by atoms with van der Waals surface area (Å²) in [5.74, 6) is 1.21. The van der Waals surface area contributed by atoms with E-state index in [0.717, 1.165) is 45.4 Å². The number of halogens is 1. The van der Waals surface area contributed by atoms with Gasteiger partial charge >= 0.3 is 0 Å². The summed E-state index contributed by atoms with van der Waals surface area (Å²) >= 11 is 3.49. The molecular formula is C20H25BrN4O. The Hall–Kier alpha value is -2.08. The van der Waals surface area contributed by atoms with Crippen LogP contribution in [-0.2, 0) is 13.0 Å². The van der Waals surface area contributed by atoms with Gasteiger partial charge in [0.2, 0.25) is 5.95 Å². The number of ether oxygens (including phenoxy) is 1. The molecule has 0 fully saturated rings. The van der Waals surface area contributed by atoms with Crippen molar-refractivity contribution in [2.24, 2.45) is 0 Å². The largest absolute Gasteiger partial charge is 0.496 e. The molecule has 3 rings (SSSR count). The summed E-state index contributed by atoms with van der Waals surface area (Å²) < 4.78 is 8.73. The molecule has 0 aliphatic carbocycles. The lowest BCUT2D eigenvalue weighted by Gasteiger charge is -2.13. The number of aromatic nitrogens is 3. The predicted molar refractivity (Wildman–Crippen MR) is 110 cm³/mol. The Morgan fingerprint density at radius 1 is 1.15 bits per heavy atom. The van der Waals surface area contributed by atoms with Gasteiger partial charge in [-0.3, -0.25) is 0 Å². The highest BCUT2D eigenvalue weighted by Gasteiger charge is 2.13. The molecule has 0 amide bonds. The Morgan fingerprint density at radius 3 is 2.77 bits per heavy atom. The molecule has 1 aromatic carbocycles. The average molecular weight is 417 g/mol. The van der Waals surface area contributed by atoms with Crippen molar-refractivity contribution in [3.05, 3.63) is 46.2 Å². The van der Waals surface area contributed by atoms with E-state index in [9.17, 15) is 0 Å². The van der Waals surface area contributed by atoms with Crippen LogP contribution in [0.5, 0.6) is 5.75 Å². The minimum atomic E-state index is 0.349. The molecule has 138 valence electrons. The molecule has 0 unspecified atom stereocenters. The Kier molecular flexibility index (Phi) is 6.14. The number of hydrogen-bond donors (Lipinski definition) is 1. The van der Waals surface area contributed by atoms with Gasteiger partial charge in [0, 0.05) is 16.2 Å². The second kappa shape index (κ2) is 8.54. The number of hydrogen-bond acceptors (Lipinski definition) is 4. The fourth-order valence-electron chi connectivity index (χ4n) is 3.26. The van der Waals surface area contributed by atoms with Gasteiger partial charge in [-0.25, -0.2) is 9.97 Å². The highest BCUT2D eigenvalue weighted by Crippen LogP contribution is 2.27. The van der Waals surface area contributed by atoms with E-state index >= 15 is 0 Å². The van der Waals surface area contributed by atoms with Gasteiger partial charge in [0.25, 0.3) is 0 Å². The Bertz CT molecular complexity index is 891.